The number of amides is 2. The quantitative estimate of drug-likeness (QED) is 0.364. The molecule has 2 aliphatic rings. The second-order valence-electron chi connectivity index (χ2n) is 7.71. The minimum absolute atomic E-state index is 0.254. The number of quaternary nitrogens is 1. The van der Waals surface area contributed by atoms with E-state index in [-0.39, 0.29) is 12.0 Å². The van der Waals surface area contributed by atoms with Gasteiger partial charge in [0.1, 0.15) is 30.6 Å². The van der Waals surface area contributed by atoms with E-state index in [1.807, 2.05) is 18.2 Å². The maximum Gasteiger partial charge on any atom is 0.259 e. The summed E-state index contributed by atoms with van der Waals surface area (Å²) in [7, 11) is 1.56. The van der Waals surface area contributed by atoms with Crippen LogP contribution in [-0.2, 0) is 11.2 Å². The first-order valence-electron chi connectivity index (χ1n) is 9.74. The van der Waals surface area contributed by atoms with Crippen LogP contribution in [0, 0.1) is 0 Å². The summed E-state index contributed by atoms with van der Waals surface area (Å²) < 4.78 is 11.1. The van der Waals surface area contributed by atoms with Gasteiger partial charge in [-0.05, 0) is 29.8 Å². The Morgan fingerprint density at radius 3 is 2.60 bits per heavy atom. The zero-order valence-corrected chi connectivity index (χ0v) is 16.3. The van der Waals surface area contributed by atoms with Crippen molar-refractivity contribution in [3.63, 3.8) is 0 Å². The first-order valence-corrected chi connectivity index (χ1v) is 9.74. The van der Waals surface area contributed by atoms with Crippen molar-refractivity contribution < 1.29 is 35.0 Å². The fraction of sp³-hybridized carbons (Fsp3) is 0.333. The van der Waals surface area contributed by atoms with Gasteiger partial charge < -0.3 is 30.4 Å². The number of hydrogen-bond acceptors (Lipinski definition) is 6. The number of imide groups is 1. The topological polar surface area (TPSA) is 149 Å². The number of aliphatic hydroxyl groups excluding tert-OH is 2. The number of hydrogen-bond donors (Lipinski definition) is 5. The molecular formula is C21H22N3O6+. The second-order valence-corrected chi connectivity index (χ2v) is 7.71. The minimum Gasteiger partial charge on any atom is -0.497 e. The molecule has 30 heavy (non-hydrogen) atoms. The third kappa shape index (κ3) is 2.63. The number of ether oxygens (including phenoxy) is 2. The standard InChI is InChI=1S/C21H21N3O6/c1-29-9-2-3-12-10(6-9)15-16-11(20(27)24-21(16)28)4-8(17(15)23-12)5-13-18(25)19(26)14(7-22)30-13/h2-4,6,13-14,18-19,23,25-26H,5,7,22H2,1H3,(H,24,27,28)/p+1/t13?,14-,18+,19-/m1/s1. The highest BCUT2D eigenvalue weighted by Crippen LogP contribution is 2.38. The van der Waals surface area contributed by atoms with Crippen molar-refractivity contribution in [3.05, 3.63) is 41.0 Å². The third-order valence-electron chi connectivity index (χ3n) is 6.03. The van der Waals surface area contributed by atoms with Crippen LogP contribution in [0.15, 0.2) is 24.3 Å². The highest BCUT2D eigenvalue weighted by Gasteiger charge is 2.43. The molecule has 4 atom stereocenters. The first kappa shape index (κ1) is 19.0. The zero-order chi connectivity index (χ0) is 21.2. The van der Waals surface area contributed by atoms with E-state index >= 15 is 0 Å². The van der Waals surface area contributed by atoms with Crippen LogP contribution in [0.4, 0.5) is 0 Å². The van der Waals surface area contributed by atoms with Gasteiger partial charge in [-0.2, -0.15) is 0 Å². The summed E-state index contributed by atoms with van der Waals surface area (Å²) in [5.41, 5.74) is 6.54. The summed E-state index contributed by atoms with van der Waals surface area (Å²) in [6.45, 7) is 0.331. The second kappa shape index (κ2) is 6.78. The number of carbonyl (C=O) groups excluding carboxylic acids is 2. The van der Waals surface area contributed by atoms with Crippen LogP contribution in [-0.4, -0.2) is 65.1 Å². The monoisotopic (exact) mass is 412 g/mol. The number of benzene rings is 2. The third-order valence-corrected chi connectivity index (χ3v) is 6.03. The Hall–Kier alpha value is -2.98. The number of H-pyrrole nitrogens is 1. The Morgan fingerprint density at radius 1 is 1.13 bits per heavy atom. The Labute approximate surface area is 170 Å². The molecule has 0 bridgehead atoms. The van der Waals surface area contributed by atoms with Crippen LogP contribution in [0.3, 0.4) is 0 Å². The van der Waals surface area contributed by atoms with Crippen molar-refractivity contribution in [1.29, 1.82) is 0 Å². The summed E-state index contributed by atoms with van der Waals surface area (Å²) in [6.07, 6.45) is -3.04. The largest absolute Gasteiger partial charge is 0.497 e. The van der Waals surface area contributed by atoms with Crippen molar-refractivity contribution >= 4 is 33.6 Å². The van der Waals surface area contributed by atoms with Crippen LogP contribution in [0.1, 0.15) is 26.3 Å². The van der Waals surface area contributed by atoms with E-state index in [9.17, 15) is 19.8 Å². The predicted octanol–water partition coefficient (Wildman–Crippen LogP) is -0.513. The number of aromatic nitrogens is 1. The molecule has 0 spiro atoms. The molecule has 0 radical (unpaired) electrons. The summed E-state index contributed by atoms with van der Waals surface area (Å²) in [4.78, 5) is 28.3. The van der Waals surface area contributed by atoms with Gasteiger partial charge >= 0.3 is 0 Å². The number of carbonyl (C=O) groups is 2. The number of nitrogens with one attached hydrogen (secondary N) is 2. The molecule has 3 heterocycles. The first-order chi connectivity index (χ1) is 14.4. The fourth-order valence-corrected chi connectivity index (χ4v) is 4.51. The van der Waals surface area contributed by atoms with Crippen molar-refractivity contribution in [2.24, 2.45) is 0 Å². The van der Waals surface area contributed by atoms with E-state index in [1.165, 1.54) is 0 Å². The molecule has 2 aromatic carbocycles. The molecule has 1 saturated heterocycles. The highest BCUT2D eigenvalue weighted by molar-refractivity contribution is 6.30. The SMILES string of the molecule is COc1ccc2[nH]c3c(CC4O[C@H](C[NH3+])[C@@H](O)[C@H]4O)cc4c(c3c2c1)C(=O)NC4=O. The number of aliphatic hydroxyl groups is 2. The Bertz CT molecular complexity index is 1200. The molecule has 5 rings (SSSR count). The number of rotatable bonds is 4. The highest BCUT2D eigenvalue weighted by atomic mass is 16.5. The number of aromatic amines is 1. The summed E-state index contributed by atoms with van der Waals surface area (Å²) in [5.74, 6) is -0.276. The van der Waals surface area contributed by atoms with Gasteiger partial charge in [0, 0.05) is 22.7 Å². The van der Waals surface area contributed by atoms with Crippen LogP contribution < -0.4 is 15.8 Å². The molecule has 9 heteroatoms. The van der Waals surface area contributed by atoms with Crippen molar-refractivity contribution in [1.82, 2.24) is 10.3 Å². The lowest BCUT2D eigenvalue weighted by atomic mass is 9.94. The Morgan fingerprint density at radius 2 is 1.90 bits per heavy atom. The van der Waals surface area contributed by atoms with Gasteiger partial charge in [0.2, 0.25) is 0 Å². The molecule has 0 saturated carbocycles. The predicted molar refractivity (Wildman–Crippen MR) is 106 cm³/mol. The van der Waals surface area contributed by atoms with E-state index < -0.39 is 36.2 Å². The van der Waals surface area contributed by atoms with Gasteiger partial charge in [0.25, 0.3) is 11.8 Å². The van der Waals surface area contributed by atoms with Gasteiger partial charge in [-0.15, -0.1) is 0 Å². The van der Waals surface area contributed by atoms with Crippen molar-refractivity contribution in [3.8, 4) is 5.75 Å². The lowest BCUT2D eigenvalue weighted by Crippen LogP contribution is -2.58. The van der Waals surface area contributed by atoms with Crippen LogP contribution >= 0.6 is 0 Å². The molecule has 1 unspecified atom stereocenters. The van der Waals surface area contributed by atoms with Gasteiger partial charge in [0.05, 0.1) is 29.9 Å². The maximum absolute atomic E-state index is 12.5. The van der Waals surface area contributed by atoms with E-state index in [1.54, 1.807) is 13.2 Å². The summed E-state index contributed by atoms with van der Waals surface area (Å²) in [5, 5.41) is 24.3. The molecule has 156 valence electrons. The summed E-state index contributed by atoms with van der Waals surface area (Å²) >= 11 is 0. The normalized spacial score (nSPS) is 25.9. The van der Waals surface area contributed by atoms with Crippen LogP contribution in [0.5, 0.6) is 5.75 Å². The Kier molecular flexibility index (Phi) is 4.30. The van der Waals surface area contributed by atoms with Crippen molar-refractivity contribution in [2.45, 2.75) is 30.8 Å². The maximum atomic E-state index is 12.5. The van der Waals surface area contributed by atoms with Gasteiger partial charge in [-0.3, -0.25) is 14.9 Å². The average molecular weight is 412 g/mol. The molecule has 7 N–H and O–H groups in total. The Balaban J connectivity index is 1.72. The van der Waals surface area contributed by atoms with Gasteiger partial charge in [-0.1, -0.05) is 0 Å². The van der Waals surface area contributed by atoms with E-state index in [0.717, 1.165) is 10.9 Å². The van der Waals surface area contributed by atoms with Gasteiger partial charge in [0.15, 0.2) is 0 Å². The molecule has 1 fully saturated rings. The van der Waals surface area contributed by atoms with E-state index in [4.69, 9.17) is 9.47 Å². The zero-order valence-electron chi connectivity index (χ0n) is 16.3. The summed E-state index contributed by atoms with van der Waals surface area (Å²) in [6, 6.07) is 7.13. The van der Waals surface area contributed by atoms with E-state index in [0.29, 0.717) is 34.3 Å². The molecule has 9 nitrogen and oxygen atoms in total. The number of methoxy groups -OCH3 is 1. The number of fused-ring (bicyclic) bond motifs is 5. The minimum atomic E-state index is -1.07. The average Bonchev–Trinajstić information content (AvgIpc) is 3.35. The molecule has 0 aliphatic carbocycles. The van der Waals surface area contributed by atoms with Crippen LogP contribution in [0.25, 0.3) is 21.8 Å². The lowest BCUT2D eigenvalue weighted by molar-refractivity contribution is -0.388. The molecular weight excluding hydrogens is 390 g/mol. The lowest BCUT2D eigenvalue weighted by Gasteiger charge is -2.16. The molecule has 2 amide bonds. The van der Waals surface area contributed by atoms with E-state index in [2.05, 4.69) is 16.0 Å². The smallest absolute Gasteiger partial charge is 0.259 e. The van der Waals surface area contributed by atoms with Gasteiger partial charge in [-0.25, -0.2) is 0 Å². The molecule has 1 aromatic heterocycles. The fourth-order valence-electron chi connectivity index (χ4n) is 4.51. The van der Waals surface area contributed by atoms with Crippen molar-refractivity contribution in [2.75, 3.05) is 13.7 Å². The molecule has 3 aromatic rings. The molecule has 2 aliphatic heterocycles. The van der Waals surface area contributed by atoms with Crippen LogP contribution in [0.2, 0.25) is 0 Å².